The second-order valence-electron chi connectivity index (χ2n) is 2.62. The summed E-state index contributed by atoms with van der Waals surface area (Å²) < 4.78 is 0. The van der Waals surface area contributed by atoms with Crippen LogP contribution in [0.15, 0.2) is 0 Å². The quantitative estimate of drug-likeness (QED) is 0.645. The van der Waals surface area contributed by atoms with Gasteiger partial charge in [-0.2, -0.15) is 0 Å². The number of piperazine rings is 1. The van der Waals surface area contributed by atoms with Gasteiger partial charge in [0, 0.05) is 32.7 Å². The fraction of sp³-hybridized carbons (Fsp3) is 0.714. The van der Waals surface area contributed by atoms with Crippen LogP contribution < -0.4 is 5.32 Å². The van der Waals surface area contributed by atoms with Gasteiger partial charge in [-0.3, -0.25) is 13.1 Å². The van der Waals surface area contributed by atoms with E-state index in [4.69, 9.17) is 0 Å². The van der Waals surface area contributed by atoms with E-state index in [-0.39, 0.29) is 32.7 Å². The third-order valence-electron chi connectivity index (χ3n) is 1.62. The zero-order chi connectivity index (χ0) is 6.69. The smallest absolute Gasteiger partial charge is 0 e. The average molecular weight is 215 g/mol. The van der Waals surface area contributed by atoms with E-state index in [1.54, 1.807) is 0 Å². The van der Waals surface area contributed by atoms with Gasteiger partial charge < -0.3 is 10.2 Å². The maximum Gasteiger partial charge on any atom is 0 e. The van der Waals surface area contributed by atoms with Crippen LogP contribution in [-0.4, -0.2) is 24.0 Å². The minimum Gasteiger partial charge on any atom is -0.617 e. The van der Waals surface area contributed by atoms with E-state index in [0.717, 1.165) is 13.1 Å². The molecule has 1 N–H and O–H groups in total. The molecule has 0 aromatic heterocycles. The van der Waals surface area contributed by atoms with E-state index in [2.05, 4.69) is 37.2 Å². The molecule has 0 aliphatic carbocycles. The third kappa shape index (κ3) is 3.43. The molecule has 10 heavy (non-hydrogen) atoms. The van der Waals surface area contributed by atoms with Gasteiger partial charge in [0.15, 0.2) is 0 Å². The zero-order valence-corrected chi connectivity index (χ0v) is 9.51. The van der Waals surface area contributed by atoms with E-state index in [9.17, 15) is 0 Å². The maximum atomic E-state index is 3.08. The van der Waals surface area contributed by atoms with Crippen LogP contribution in [-0.2, 0) is 32.7 Å². The Balaban J connectivity index is 0.000000810. The molecule has 1 heterocycles. The van der Waals surface area contributed by atoms with Crippen molar-refractivity contribution in [1.29, 1.82) is 0 Å². The fourth-order valence-corrected chi connectivity index (χ4v) is 0.919. The number of hydrogen-bond acceptors (Lipinski definition) is 2. The number of rotatable bonds is 1. The minimum absolute atomic E-state index is 0. The molecule has 1 rings (SSSR count). The molecule has 0 unspecified atom stereocenters. The van der Waals surface area contributed by atoms with Crippen molar-refractivity contribution >= 4 is 0 Å². The molecule has 1 fully saturated rings. The molecular weight excluding hydrogens is 201 g/mol. The van der Waals surface area contributed by atoms with Crippen LogP contribution in [0.5, 0.6) is 0 Å². The Morgan fingerprint density at radius 2 is 1.80 bits per heavy atom. The van der Waals surface area contributed by atoms with Crippen LogP contribution in [0.25, 0.3) is 0 Å². The molecule has 1 aliphatic rings. The molecule has 0 aromatic carbocycles. The summed E-state index contributed by atoms with van der Waals surface area (Å²) in [5.74, 6) is 0. The van der Waals surface area contributed by atoms with Gasteiger partial charge in [-0.25, -0.2) is 0 Å². The van der Waals surface area contributed by atoms with Crippen molar-refractivity contribution in [2.75, 3.05) is 13.1 Å². The van der Waals surface area contributed by atoms with Gasteiger partial charge in [0.05, 0.1) is 0 Å². The molecule has 1 aliphatic heterocycles. The van der Waals surface area contributed by atoms with Crippen molar-refractivity contribution in [3.63, 3.8) is 0 Å². The molecule has 2 nitrogen and oxygen atoms in total. The van der Waals surface area contributed by atoms with Crippen LogP contribution in [0.4, 0.5) is 0 Å². The number of nitrogens with one attached hydrogen (secondary N) is 1. The largest absolute Gasteiger partial charge is 0.617 e. The fourth-order valence-electron chi connectivity index (χ4n) is 0.919. The summed E-state index contributed by atoms with van der Waals surface area (Å²) in [6.45, 7) is 10.7. The normalized spacial score (nSPS) is 20.7. The molecule has 0 saturated carbocycles. The van der Waals surface area contributed by atoms with Crippen molar-refractivity contribution in [2.24, 2.45) is 0 Å². The van der Waals surface area contributed by atoms with Crippen LogP contribution in [0.2, 0.25) is 0 Å². The summed E-state index contributed by atoms with van der Waals surface area (Å²) in [4.78, 5) is 2.39. The molecule has 0 bridgehead atoms. The van der Waals surface area contributed by atoms with Crippen LogP contribution >= 0.6 is 0 Å². The Kier molecular flexibility index (Phi) is 6.22. The first-order chi connectivity index (χ1) is 4.30. The molecular formula is C7H14N2Y-2. The van der Waals surface area contributed by atoms with Gasteiger partial charge in [-0.05, 0) is 6.04 Å². The molecule has 0 aromatic rings. The monoisotopic (exact) mass is 215 g/mol. The van der Waals surface area contributed by atoms with Gasteiger partial charge in [-0.1, -0.05) is 13.8 Å². The Bertz CT molecular complexity index is 79.7. The molecule has 3 heteroatoms. The molecule has 0 amide bonds. The third-order valence-corrected chi connectivity index (χ3v) is 1.62. The minimum atomic E-state index is 0. The Morgan fingerprint density at radius 3 is 2.10 bits per heavy atom. The molecule has 0 spiro atoms. The van der Waals surface area contributed by atoms with Gasteiger partial charge in [0.1, 0.15) is 0 Å². The number of hydrogen-bond donors (Lipinski definition) is 1. The Morgan fingerprint density at radius 1 is 1.30 bits per heavy atom. The predicted molar refractivity (Wildman–Crippen MR) is 38.4 cm³/mol. The van der Waals surface area contributed by atoms with E-state index >= 15 is 0 Å². The maximum absolute atomic E-state index is 3.08. The topological polar surface area (TPSA) is 15.3 Å². The van der Waals surface area contributed by atoms with E-state index in [0.29, 0.717) is 6.04 Å². The summed E-state index contributed by atoms with van der Waals surface area (Å²) in [5.41, 5.74) is 0. The first kappa shape index (κ1) is 11.0. The summed E-state index contributed by atoms with van der Waals surface area (Å²) in [6.07, 6.45) is 0. The molecule has 1 radical (unpaired) electrons. The molecule has 1 saturated heterocycles. The van der Waals surface area contributed by atoms with Crippen LogP contribution in [0, 0.1) is 13.1 Å². The summed E-state index contributed by atoms with van der Waals surface area (Å²) in [7, 11) is 0. The van der Waals surface area contributed by atoms with Gasteiger partial charge >= 0.3 is 0 Å². The summed E-state index contributed by atoms with van der Waals surface area (Å²) in [5, 5.41) is 3.08. The second-order valence-corrected chi connectivity index (χ2v) is 2.62. The standard InChI is InChI=1S/C7H14N2.Y/c1-7(2)9-5-3-8-4-6-9;/h3-4,7-8H,5-6H2,1-2H3;/q-2;. The predicted octanol–water partition coefficient (Wildman–Crippen LogP) is 0.621. The van der Waals surface area contributed by atoms with E-state index in [1.165, 1.54) is 0 Å². The van der Waals surface area contributed by atoms with Crippen molar-refractivity contribution < 1.29 is 32.7 Å². The van der Waals surface area contributed by atoms with Gasteiger partial charge in [-0.15, -0.1) is 13.1 Å². The SMILES string of the molecule is CC(C)N1C[CH-]N[CH-]C1.[Y]. The Labute approximate surface area is 88.6 Å². The first-order valence-electron chi connectivity index (χ1n) is 3.44. The van der Waals surface area contributed by atoms with E-state index in [1.807, 2.05) is 0 Å². The van der Waals surface area contributed by atoms with E-state index < -0.39 is 0 Å². The Hall–Kier alpha value is 1.02. The van der Waals surface area contributed by atoms with Crippen LogP contribution in [0.3, 0.4) is 0 Å². The summed E-state index contributed by atoms with van der Waals surface area (Å²) in [6, 6.07) is 0.666. The van der Waals surface area contributed by atoms with Gasteiger partial charge in [0.2, 0.25) is 0 Å². The molecule has 57 valence electrons. The molecule has 0 atom stereocenters. The van der Waals surface area contributed by atoms with Crippen molar-refractivity contribution in [3.8, 4) is 0 Å². The first-order valence-corrected chi connectivity index (χ1v) is 3.44. The summed E-state index contributed by atoms with van der Waals surface area (Å²) >= 11 is 0. The average Bonchev–Trinajstić information content (AvgIpc) is 1.90. The van der Waals surface area contributed by atoms with Crippen molar-refractivity contribution in [2.45, 2.75) is 19.9 Å². The van der Waals surface area contributed by atoms with Crippen LogP contribution in [0.1, 0.15) is 13.8 Å². The van der Waals surface area contributed by atoms with Crippen molar-refractivity contribution in [3.05, 3.63) is 13.1 Å². The van der Waals surface area contributed by atoms with Crippen molar-refractivity contribution in [1.82, 2.24) is 10.2 Å². The second kappa shape index (κ2) is 5.65. The zero-order valence-electron chi connectivity index (χ0n) is 6.67. The van der Waals surface area contributed by atoms with Gasteiger partial charge in [0.25, 0.3) is 0 Å². The number of nitrogens with zero attached hydrogens (tertiary/aromatic N) is 1.